The summed E-state index contributed by atoms with van der Waals surface area (Å²) < 4.78 is 26.1. The van der Waals surface area contributed by atoms with Gasteiger partial charge in [0, 0.05) is 13.0 Å². The number of carboxylic acids is 2. The first-order valence-corrected chi connectivity index (χ1v) is 7.50. The van der Waals surface area contributed by atoms with Crippen molar-refractivity contribution in [2.75, 3.05) is 0 Å². The number of carbonyl (C=O) groups is 2. The molecule has 1 aromatic carbocycles. The third-order valence-electron chi connectivity index (χ3n) is 2.71. The fraction of sp³-hybridized carbons (Fsp3) is 0.333. The Kier molecular flexibility index (Phi) is 5.82. The van der Waals surface area contributed by atoms with Gasteiger partial charge in [0.25, 0.3) is 0 Å². The monoisotopic (exact) mass is 316 g/mol. The Morgan fingerprint density at radius 3 is 2.19 bits per heavy atom. The van der Waals surface area contributed by atoms with Gasteiger partial charge in [-0.1, -0.05) is 12.1 Å². The molecule has 21 heavy (non-hydrogen) atoms. The van der Waals surface area contributed by atoms with Crippen LogP contribution in [0.25, 0.3) is 0 Å². The van der Waals surface area contributed by atoms with Gasteiger partial charge in [0.15, 0.2) is 0 Å². The van der Waals surface area contributed by atoms with Gasteiger partial charge in [0.05, 0.1) is 4.90 Å². The normalized spacial score (nSPS) is 12.8. The van der Waals surface area contributed by atoms with E-state index in [4.69, 9.17) is 15.9 Å². The zero-order valence-electron chi connectivity index (χ0n) is 11.0. The maximum Gasteiger partial charge on any atom is 0.321 e. The summed E-state index contributed by atoms with van der Waals surface area (Å²) in [4.78, 5) is 21.3. The molecule has 0 aliphatic carbocycles. The second-order valence-corrected chi connectivity index (χ2v) is 6.01. The van der Waals surface area contributed by atoms with Gasteiger partial charge >= 0.3 is 11.9 Å². The van der Waals surface area contributed by atoms with E-state index in [-0.39, 0.29) is 17.9 Å². The van der Waals surface area contributed by atoms with E-state index in [2.05, 4.69) is 0 Å². The minimum atomic E-state index is -4.04. The molecule has 9 heteroatoms. The summed E-state index contributed by atoms with van der Waals surface area (Å²) in [6, 6.07) is 4.14. The number of sulfonamides is 1. The molecule has 0 amide bonds. The van der Waals surface area contributed by atoms with Gasteiger partial charge in [-0.05, 0) is 24.1 Å². The largest absolute Gasteiger partial charge is 0.481 e. The van der Waals surface area contributed by atoms with Crippen LogP contribution in [0.3, 0.4) is 0 Å². The minimum absolute atomic E-state index is 0.110. The van der Waals surface area contributed by atoms with Crippen LogP contribution in [0, 0.1) is 0 Å². The van der Waals surface area contributed by atoms with Crippen molar-refractivity contribution in [3.63, 3.8) is 0 Å². The highest BCUT2D eigenvalue weighted by molar-refractivity contribution is 7.89. The van der Waals surface area contributed by atoms with Crippen LogP contribution in [0.1, 0.15) is 18.4 Å². The fourth-order valence-corrected chi connectivity index (χ4v) is 2.78. The van der Waals surface area contributed by atoms with Crippen LogP contribution in [0.4, 0.5) is 0 Å². The van der Waals surface area contributed by atoms with Crippen molar-refractivity contribution in [2.24, 2.45) is 5.73 Å². The van der Waals surface area contributed by atoms with Gasteiger partial charge in [-0.3, -0.25) is 9.59 Å². The molecular formula is C12H16N2O6S. The average molecular weight is 316 g/mol. The van der Waals surface area contributed by atoms with Crippen molar-refractivity contribution in [3.05, 3.63) is 29.8 Å². The summed E-state index contributed by atoms with van der Waals surface area (Å²) in [6.45, 7) is 0.254. The third kappa shape index (κ3) is 5.14. The van der Waals surface area contributed by atoms with Crippen LogP contribution in [0.5, 0.6) is 0 Å². The number of benzene rings is 1. The van der Waals surface area contributed by atoms with Gasteiger partial charge in [-0.2, -0.15) is 4.72 Å². The van der Waals surface area contributed by atoms with E-state index >= 15 is 0 Å². The molecule has 1 atom stereocenters. The van der Waals surface area contributed by atoms with Gasteiger partial charge in [0.1, 0.15) is 6.04 Å². The Bertz CT molecular complexity index is 611. The molecule has 0 spiro atoms. The second-order valence-electron chi connectivity index (χ2n) is 4.29. The van der Waals surface area contributed by atoms with Crippen molar-refractivity contribution in [1.82, 2.24) is 4.72 Å². The minimum Gasteiger partial charge on any atom is -0.481 e. The lowest BCUT2D eigenvalue weighted by Gasteiger charge is -2.14. The SMILES string of the molecule is NCc1ccc(S(=O)(=O)N[C@@H](CCC(=O)O)C(=O)O)cc1. The summed E-state index contributed by atoms with van der Waals surface area (Å²) in [5.41, 5.74) is 6.13. The summed E-state index contributed by atoms with van der Waals surface area (Å²) in [7, 11) is -4.04. The van der Waals surface area contributed by atoms with E-state index in [9.17, 15) is 18.0 Å². The van der Waals surface area contributed by atoms with Crippen molar-refractivity contribution in [1.29, 1.82) is 0 Å². The van der Waals surface area contributed by atoms with Crippen LogP contribution in [0.15, 0.2) is 29.2 Å². The predicted octanol–water partition coefficient (Wildman–Crippen LogP) is -0.258. The standard InChI is InChI=1S/C12H16N2O6S/c13-7-8-1-3-9(4-2-8)21(19,20)14-10(12(17)18)5-6-11(15)16/h1-4,10,14H,5-7,13H2,(H,15,16)(H,17,18)/t10-/m0/s1. The predicted molar refractivity (Wildman–Crippen MR) is 72.9 cm³/mol. The zero-order valence-corrected chi connectivity index (χ0v) is 11.8. The van der Waals surface area contributed by atoms with Gasteiger partial charge in [-0.25, -0.2) is 8.42 Å². The van der Waals surface area contributed by atoms with Crippen LogP contribution in [-0.2, 0) is 26.2 Å². The maximum absolute atomic E-state index is 12.0. The van der Waals surface area contributed by atoms with Crippen molar-refractivity contribution in [2.45, 2.75) is 30.3 Å². The maximum atomic E-state index is 12.0. The molecule has 116 valence electrons. The molecule has 0 saturated heterocycles. The highest BCUT2D eigenvalue weighted by Crippen LogP contribution is 2.12. The number of carboxylic acid groups (broad SMARTS) is 2. The first-order valence-electron chi connectivity index (χ1n) is 6.02. The van der Waals surface area contributed by atoms with Crippen molar-refractivity contribution < 1.29 is 28.2 Å². The first kappa shape index (κ1) is 17.1. The van der Waals surface area contributed by atoms with E-state index in [1.165, 1.54) is 24.3 Å². The molecule has 0 aromatic heterocycles. The number of rotatable bonds is 8. The lowest BCUT2D eigenvalue weighted by atomic mass is 10.2. The molecule has 0 fully saturated rings. The van der Waals surface area contributed by atoms with Gasteiger partial charge in [0.2, 0.25) is 10.0 Å². The van der Waals surface area contributed by atoms with E-state index in [0.29, 0.717) is 0 Å². The Labute approximate surface area is 121 Å². The molecule has 1 aromatic rings. The summed E-state index contributed by atoms with van der Waals surface area (Å²) in [6.07, 6.45) is -0.795. The first-order chi connectivity index (χ1) is 9.76. The van der Waals surface area contributed by atoms with E-state index in [0.717, 1.165) is 5.56 Å². The number of nitrogens with one attached hydrogen (secondary N) is 1. The number of hydrogen-bond acceptors (Lipinski definition) is 5. The Balaban J connectivity index is 2.89. The van der Waals surface area contributed by atoms with Crippen LogP contribution < -0.4 is 10.5 Å². The average Bonchev–Trinajstić information content (AvgIpc) is 2.43. The molecule has 0 heterocycles. The van der Waals surface area contributed by atoms with Crippen LogP contribution >= 0.6 is 0 Å². The van der Waals surface area contributed by atoms with E-state index < -0.39 is 34.4 Å². The van der Waals surface area contributed by atoms with Crippen molar-refractivity contribution >= 4 is 22.0 Å². The topological polar surface area (TPSA) is 147 Å². The van der Waals surface area contributed by atoms with Crippen LogP contribution in [0.2, 0.25) is 0 Å². The molecule has 0 aliphatic rings. The van der Waals surface area contributed by atoms with Crippen molar-refractivity contribution in [3.8, 4) is 0 Å². The van der Waals surface area contributed by atoms with E-state index in [1.807, 2.05) is 4.72 Å². The fourth-order valence-electron chi connectivity index (χ4n) is 1.56. The summed E-state index contributed by atoms with van der Waals surface area (Å²) >= 11 is 0. The Morgan fingerprint density at radius 2 is 1.76 bits per heavy atom. The Morgan fingerprint density at radius 1 is 1.19 bits per heavy atom. The molecular weight excluding hydrogens is 300 g/mol. The van der Waals surface area contributed by atoms with Crippen LogP contribution in [-0.4, -0.2) is 36.6 Å². The molecule has 0 radical (unpaired) electrons. The molecule has 0 bridgehead atoms. The van der Waals surface area contributed by atoms with Gasteiger partial charge in [-0.15, -0.1) is 0 Å². The smallest absolute Gasteiger partial charge is 0.321 e. The second kappa shape index (κ2) is 7.16. The highest BCUT2D eigenvalue weighted by Gasteiger charge is 2.25. The Hall–Kier alpha value is -1.97. The lowest BCUT2D eigenvalue weighted by Crippen LogP contribution is -2.41. The molecule has 5 N–H and O–H groups in total. The molecule has 0 aliphatic heterocycles. The number of nitrogens with two attached hydrogens (primary N) is 1. The lowest BCUT2D eigenvalue weighted by molar-refractivity contribution is -0.140. The highest BCUT2D eigenvalue weighted by atomic mass is 32.2. The molecule has 8 nitrogen and oxygen atoms in total. The third-order valence-corrected chi connectivity index (χ3v) is 4.20. The summed E-state index contributed by atoms with van der Waals surface area (Å²) in [5.74, 6) is -2.63. The molecule has 1 rings (SSSR count). The molecule has 0 saturated carbocycles. The zero-order chi connectivity index (χ0) is 16.0. The number of hydrogen-bond donors (Lipinski definition) is 4. The van der Waals surface area contributed by atoms with Gasteiger partial charge < -0.3 is 15.9 Å². The number of aliphatic carboxylic acids is 2. The van der Waals surface area contributed by atoms with E-state index in [1.54, 1.807) is 0 Å². The summed E-state index contributed by atoms with van der Waals surface area (Å²) in [5, 5.41) is 17.5. The molecule has 0 unspecified atom stereocenters. The quantitative estimate of drug-likeness (QED) is 0.516.